The van der Waals surface area contributed by atoms with Gasteiger partial charge in [0.2, 0.25) is 11.8 Å². The number of amides is 3. The Hall–Kier alpha value is -4.86. The quantitative estimate of drug-likeness (QED) is 0.269. The van der Waals surface area contributed by atoms with Gasteiger partial charge in [0.05, 0.1) is 12.0 Å². The number of carbonyl (C=O) groups is 3. The molecule has 4 aromatic rings. The Morgan fingerprint density at radius 2 is 1.63 bits per heavy atom. The summed E-state index contributed by atoms with van der Waals surface area (Å²) in [6.07, 6.45) is -4.32. The molecule has 4 aromatic carbocycles. The number of nitrogens with zero attached hydrogens (tertiary/aromatic N) is 3. The minimum Gasteiger partial charge on any atom is -0.378 e. The summed E-state index contributed by atoms with van der Waals surface area (Å²) in [5.74, 6) is -1.80. The Labute approximate surface area is 266 Å². The van der Waals surface area contributed by atoms with E-state index in [1.165, 1.54) is 21.9 Å². The first-order valence-corrected chi connectivity index (χ1v) is 15.2. The number of carbonyl (C=O) groups excluding carboxylic acids is 3. The third kappa shape index (κ3) is 6.85. The van der Waals surface area contributed by atoms with Gasteiger partial charge in [0.1, 0.15) is 12.1 Å². The number of anilines is 1. The van der Waals surface area contributed by atoms with Gasteiger partial charge in [-0.1, -0.05) is 66.7 Å². The van der Waals surface area contributed by atoms with E-state index in [9.17, 15) is 27.6 Å². The Bertz CT molecular complexity index is 1730. The fourth-order valence-electron chi connectivity index (χ4n) is 6.21. The molecule has 1 aliphatic rings. The predicted molar refractivity (Wildman–Crippen MR) is 172 cm³/mol. The fraction of sp³-hybridized carbons (Fsp3) is 0.306. The number of alkyl halides is 3. The molecule has 0 bridgehead atoms. The molecule has 46 heavy (non-hydrogen) atoms. The van der Waals surface area contributed by atoms with E-state index in [4.69, 9.17) is 5.73 Å². The van der Waals surface area contributed by atoms with E-state index in [-0.39, 0.29) is 24.9 Å². The molecule has 240 valence electrons. The molecular weight excluding hydrogens is 593 g/mol. The Morgan fingerprint density at radius 3 is 2.30 bits per heavy atom. The number of rotatable bonds is 8. The van der Waals surface area contributed by atoms with Crippen LogP contribution in [0.3, 0.4) is 0 Å². The van der Waals surface area contributed by atoms with E-state index < -0.39 is 47.6 Å². The summed E-state index contributed by atoms with van der Waals surface area (Å²) in [6, 6.07) is 22.2. The summed E-state index contributed by atoms with van der Waals surface area (Å²) in [5.41, 5.74) is 7.46. The van der Waals surface area contributed by atoms with Gasteiger partial charge < -0.3 is 20.4 Å². The summed E-state index contributed by atoms with van der Waals surface area (Å²) < 4.78 is 41.6. The van der Waals surface area contributed by atoms with Crippen LogP contribution in [0, 0.1) is 0 Å². The first kappa shape index (κ1) is 32.5. The molecule has 5 rings (SSSR count). The van der Waals surface area contributed by atoms with Gasteiger partial charge in [0.15, 0.2) is 0 Å². The van der Waals surface area contributed by atoms with Crippen molar-refractivity contribution < 1.29 is 27.6 Å². The van der Waals surface area contributed by atoms with E-state index in [1.807, 2.05) is 85.7 Å². The zero-order chi connectivity index (χ0) is 33.2. The molecule has 1 saturated heterocycles. The fourth-order valence-corrected chi connectivity index (χ4v) is 6.21. The lowest BCUT2D eigenvalue weighted by Crippen LogP contribution is -2.52. The molecule has 2 N–H and O–H groups in total. The maximum atomic E-state index is 14.6. The van der Waals surface area contributed by atoms with Gasteiger partial charge in [-0.3, -0.25) is 14.4 Å². The molecule has 3 atom stereocenters. The summed E-state index contributed by atoms with van der Waals surface area (Å²) in [6.45, 7) is 1.86. The van der Waals surface area contributed by atoms with Crippen LogP contribution in [0.2, 0.25) is 0 Å². The summed E-state index contributed by atoms with van der Waals surface area (Å²) in [5, 5.41) is 1.86. The van der Waals surface area contributed by atoms with Crippen molar-refractivity contribution in [2.24, 2.45) is 5.73 Å². The van der Waals surface area contributed by atoms with E-state index in [2.05, 4.69) is 0 Å². The minimum absolute atomic E-state index is 0.0169. The zero-order valence-corrected chi connectivity index (χ0v) is 26.0. The zero-order valence-electron chi connectivity index (χ0n) is 26.0. The van der Waals surface area contributed by atoms with Gasteiger partial charge in [0, 0.05) is 38.8 Å². The third-order valence-corrected chi connectivity index (χ3v) is 8.68. The topological polar surface area (TPSA) is 87.0 Å². The van der Waals surface area contributed by atoms with Crippen LogP contribution in [0.4, 0.5) is 18.9 Å². The van der Waals surface area contributed by atoms with Crippen LogP contribution >= 0.6 is 0 Å². The molecule has 1 aliphatic heterocycles. The number of primary amides is 1. The molecule has 0 spiro atoms. The van der Waals surface area contributed by atoms with E-state index in [1.54, 1.807) is 6.92 Å². The number of hydrogen-bond acceptors (Lipinski definition) is 4. The van der Waals surface area contributed by atoms with Crippen molar-refractivity contribution in [1.82, 2.24) is 9.80 Å². The van der Waals surface area contributed by atoms with Gasteiger partial charge in [-0.05, 0) is 65.1 Å². The molecule has 0 unspecified atom stereocenters. The van der Waals surface area contributed by atoms with E-state index in [0.717, 1.165) is 34.2 Å². The number of hydrogen-bond donors (Lipinski definition) is 1. The minimum atomic E-state index is -4.66. The highest BCUT2D eigenvalue weighted by Gasteiger charge is 2.44. The van der Waals surface area contributed by atoms with Crippen LogP contribution in [0.5, 0.6) is 0 Å². The monoisotopic (exact) mass is 630 g/mol. The molecule has 7 nitrogen and oxygen atoms in total. The largest absolute Gasteiger partial charge is 0.416 e. The molecule has 10 heteroatoms. The average Bonchev–Trinajstić information content (AvgIpc) is 3.15. The Kier molecular flexibility index (Phi) is 9.37. The van der Waals surface area contributed by atoms with Crippen molar-refractivity contribution in [2.75, 3.05) is 25.5 Å². The Morgan fingerprint density at radius 1 is 0.957 bits per heavy atom. The highest BCUT2D eigenvalue weighted by molar-refractivity contribution is 5.94. The Balaban J connectivity index is 1.56. The van der Waals surface area contributed by atoms with Crippen LogP contribution in [0.15, 0.2) is 91.0 Å². The normalized spacial score (nSPS) is 17.9. The molecule has 0 aromatic heterocycles. The van der Waals surface area contributed by atoms with Crippen LogP contribution in [0.25, 0.3) is 10.8 Å². The van der Waals surface area contributed by atoms with Gasteiger partial charge in [-0.15, -0.1) is 0 Å². The SMILES string of the molecule is C[C@@H]1CCN([C@H](Cc2cccc3ccccc23)C(N)=O)C(=O)[C@H](c2cccc(C(F)(F)F)c2)N1C(=O)Cc1ccc(N(C)C)cc1. The van der Waals surface area contributed by atoms with Crippen molar-refractivity contribution in [3.8, 4) is 0 Å². The maximum Gasteiger partial charge on any atom is 0.416 e. The van der Waals surface area contributed by atoms with Crippen LogP contribution in [0.1, 0.15) is 41.6 Å². The second-order valence-electron chi connectivity index (χ2n) is 12.0. The molecule has 1 heterocycles. The van der Waals surface area contributed by atoms with Gasteiger partial charge >= 0.3 is 6.18 Å². The number of nitrogens with two attached hydrogens (primary N) is 1. The number of halogens is 3. The smallest absolute Gasteiger partial charge is 0.378 e. The summed E-state index contributed by atoms with van der Waals surface area (Å²) in [4.78, 5) is 46.3. The third-order valence-electron chi connectivity index (χ3n) is 8.68. The van der Waals surface area contributed by atoms with Crippen molar-refractivity contribution in [1.29, 1.82) is 0 Å². The molecule has 0 radical (unpaired) electrons. The molecule has 1 fully saturated rings. The van der Waals surface area contributed by atoms with Gasteiger partial charge in [-0.25, -0.2) is 0 Å². The predicted octanol–water partition coefficient (Wildman–Crippen LogP) is 5.75. The lowest BCUT2D eigenvalue weighted by Gasteiger charge is -2.36. The van der Waals surface area contributed by atoms with Crippen molar-refractivity contribution in [3.63, 3.8) is 0 Å². The van der Waals surface area contributed by atoms with E-state index in [0.29, 0.717) is 12.0 Å². The molecule has 3 amide bonds. The van der Waals surface area contributed by atoms with Crippen molar-refractivity contribution in [2.45, 2.75) is 50.5 Å². The highest BCUT2D eigenvalue weighted by Crippen LogP contribution is 2.36. The lowest BCUT2D eigenvalue weighted by molar-refractivity contribution is -0.148. The average molecular weight is 631 g/mol. The number of benzene rings is 4. The van der Waals surface area contributed by atoms with Crippen LogP contribution in [-0.2, 0) is 33.4 Å². The van der Waals surface area contributed by atoms with Gasteiger partial charge in [-0.2, -0.15) is 13.2 Å². The summed E-state index contributed by atoms with van der Waals surface area (Å²) in [7, 11) is 3.80. The first-order chi connectivity index (χ1) is 21.8. The standard InChI is InChI=1S/C36H37F3N4O3/c1-23-18-19-42(31(34(40)45)22-26-10-6-9-25-8-4-5-13-30(25)26)35(46)33(27-11-7-12-28(21-27)36(37,38)39)43(23)32(44)20-24-14-16-29(17-15-24)41(2)3/h4-17,21,23,31,33H,18-20,22H2,1-3H3,(H2,40,45)/t23-,31-,33+/m1/s1. The highest BCUT2D eigenvalue weighted by atomic mass is 19.4. The lowest BCUT2D eigenvalue weighted by atomic mass is 9.96. The second kappa shape index (κ2) is 13.2. The molecule has 0 aliphatic carbocycles. The molecule has 0 saturated carbocycles. The van der Waals surface area contributed by atoms with Gasteiger partial charge in [0.25, 0.3) is 5.91 Å². The van der Waals surface area contributed by atoms with Crippen LogP contribution < -0.4 is 10.6 Å². The first-order valence-electron chi connectivity index (χ1n) is 15.2. The summed E-state index contributed by atoms with van der Waals surface area (Å²) >= 11 is 0. The number of fused-ring (bicyclic) bond motifs is 1. The second-order valence-corrected chi connectivity index (χ2v) is 12.0. The van der Waals surface area contributed by atoms with Crippen molar-refractivity contribution >= 4 is 34.2 Å². The van der Waals surface area contributed by atoms with Crippen LogP contribution in [-0.4, -0.2) is 60.2 Å². The van der Waals surface area contributed by atoms with E-state index >= 15 is 0 Å². The van der Waals surface area contributed by atoms with Crippen molar-refractivity contribution in [3.05, 3.63) is 113 Å². The maximum absolute atomic E-state index is 14.6. The molecular formula is C36H37F3N4O3.